The summed E-state index contributed by atoms with van der Waals surface area (Å²) in [5, 5.41) is 7.01. The fourth-order valence-corrected chi connectivity index (χ4v) is 2.12. The van der Waals surface area contributed by atoms with Crippen LogP contribution in [0.2, 0.25) is 5.02 Å². The predicted octanol–water partition coefficient (Wildman–Crippen LogP) is 2.86. The quantitative estimate of drug-likeness (QED) is 0.490. The average Bonchev–Trinajstić information content (AvgIpc) is 3.41. The standard InChI is InChI=1S/C18H16ClN3O3/c19-13-4-8-15(9-5-13)25-16-3-1-2-12(10-16)11-20-22-18(24)17(23)21-14-6-7-14/h1-5,8-11,14H,6-7H2,(H,21,23)(H,22,24)/b20-11-. The van der Waals surface area contributed by atoms with E-state index >= 15 is 0 Å². The fourth-order valence-electron chi connectivity index (χ4n) is 1.99. The van der Waals surface area contributed by atoms with Crippen LogP contribution in [0.3, 0.4) is 0 Å². The third-order valence-corrected chi connectivity index (χ3v) is 3.66. The smallest absolute Gasteiger partial charge is 0.329 e. The third-order valence-electron chi connectivity index (χ3n) is 3.41. The SMILES string of the molecule is O=C(N/N=C\c1cccc(Oc2ccc(Cl)cc2)c1)C(=O)NC1CC1. The van der Waals surface area contributed by atoms with Gasteiger partial charge in [-0.05, 0) is 54.8 Å². The molecule has 0 saturated heterocycles. The van der Waals surface area contributed by atoms with Gasteiger partial charge in [-0.15, -0.1) is 0 Å². The topological polar surface area (TPSA) is 79.8 Å². The van der Waals surface area contributed by atoms with Crippen LogP contribution in [0.1, 0.15) is 18.4 Å². The van der Waals surface area contributed by atoms with Gasteiger partial charge in [0.2, 0.25) is 0 Å². The van der Waals surface area contributed by atoms with Gasteiger partial charge >= 0.3 is 11.8 Å². The molecule has 0 atom stereocenters. The molecule has 2 aromatic carbocycles. The molecule has 1 aliphatic rings. The second kappa shape index (κ2) is 7.81. The summed E-state index contributed by atoms with van der Waals surface area (Å²) in [7, 11) is 0. The zero-order valence-corrected chi connectivity index (χ0v) is 14.0. The molecule has 128 valence electrons. The molecular formula is C18H16ClN3O3. The van der Waals surface area contributed by atoms with Gasteiger partial charge in [0, 0.05) is 11.1 Å². The number of carbonyl (C=O) groups excluding carboxylic acids is 2. The Kier molecular flexibility index (Phi) is 5.30. The molecule has 6 nitrogen and oxygen atoms in total. The highest BCUT2D eigenvalue weighted by atomic mass is 35.5. The Hall–Kier alpha value is -2.86. The lowest BCUT2D eigenvalue weighted by molar-refractivity contribution is -0.139. The molecule has 1 saturated carbocycles. The number of hydrazone groups is 1. The van der Waals surface area contributed by atoms with Crippen molar-refractivity contribution in [3.63, 3.8) is 0 Å². The average molecular weight is 358 g/mol. The molecule has 0 spiro atoms. The maximum absolute atomic E-state index is 11.6. The highest BCUT2D eigenvalue weighted by Gasteiger charge is 2.26. The number of nitrogens with one attached hydrogen (secondary N) is 2. The number of nitrogens with zero attached hydrogens (tertiary/aromatic N) is 1. The van der Waals surface area contributed by atoms with Gasteiger partial charge in [0.15, 0.2) is 0 Å². The van der Waals surface area contributed by atoms with Crippen LogP contribution in [0, 0.1) is 0 Å². The van der Waals surface area contributed by atoms with Crippen molar-refractivity contribution in [2.45, 2.75) is 18.9 Å². The Balaban J connectivity index is 1.56. The summed E-state index contributed by atoms with van der Waals surface area (Å²) in [5.74, 6) is -0.177. The minimum Gasteiger partial charge on any atom is -0.457 e. The van der Waals surface area contributed by atoms with Crippen LogP contribution in [0.15, 0.2) is 53.6 Å². The minimum atomic E-state index is -0.781. The first kappa shape index (κ1) is 17.0. The molecule has 1 fully saturated rings. The molecule has 0 heterocycles. The molecule has 0 aliphatic heterocycles. The molecular weight excluding hydrogens is 342 g/mol. The minimum absolute atomic E-state index is 0.129. The Bertz CT molecular complexity index is 801. The molecule has 0 bridgehead atoms. The molecule has 2 aromatic rings. The maximum atomic E-state index is 11.6. The van der Waals surface area contributed by atoms with Crippen molar-refractivity contribution in [2.75, 3.05) is 0 Å². The first-order valence-corrected chi connectivity index (χ1v) is 8.15. The summed E-state index contributed by atoms with van der Waals surface area (Å²) in [6.07, 6.45) is 3.28. The maximum Gasteiger partial charge on any atom is 0.329 e. The normalized spacial score (nSPS) is 13.5. The summed E-state index contributed by atoms with van der Waals surface area (Å²) in [4.78, 5) is 23.1. The summed E-state index contributed by atoms with van der Waals surface area (Å²) < 4.78 is 5.72. The number of benzene rings is 2. The van der Waals surface area contributed by atoms with Crippen molar-refractivity contribution in [2.24, 2.45) is 5.10 Å². The van der Waals surface area contributed by atoms with E-state index in [1.165, 1.54) is 6.21 Å². The molecule has 7 heteroatoms. The summed E-state index contributed by atoms with van der Waals surface area (Å²) in [5.41, 5.74) is 2.92. The Morgan fingerprint density at radius 1 is 1.08 bits per heavy atom. The van der Waals surface area contributed by atoms with Gasteiger partial charge in [0.1, 0.15) is 11.5 Å². The molecule has 2 amide bonds. The highest BCUT2D eigenvalue weighted by Crippen LogP contribution is 2.23. The molecule has 1 aliphatic carbocycles. The largest absolute Gasteiger partial charge is 0.457 e. The van der Waals surface area contributed by atoms with Gasteiger partial charge in [-0.25, -0.2) is 5.43 Å². The fraction of sp³-hybridized carbons (Fsp3) is 0.167. The van der Waals surface area contributed by atoms with Crippen molar-refractivity contribution in [1.82, 2.24) is 10.7 Å². The lowest BCUT2D eigenvalue weighted by Crippen LogP contribution is -2.38. The van der Waals surface area contributed by atoms with E-state index in [-0.39, 0.29) is 6.04 Å². The van der Waals surface area contributed by atoms with E-state index in [9.17, 15) is 9.59 Å². The lowest BCUT2D eigenvalue weighted by atomic mass is 10.2. The van der Waals surface area contributed by atoms with E-state index in [0.29, 0.717) is 16.5 Å². The van der Waals surface area contributed by atoms with Crippen LogP contribution in [0.4, 0.5) is 0 Å². The van der Waals surface area contributed by atoms with Gasteiger partial charge in [-0.3, -0.25) is 9.59 Å². The molecule has 0 aromatic heterocycles. The van der Waals surface area contributed by atoms with Gasteiger partial charge in [-0.2, -0.15) is 5.10 Å². The van der Waals surface area contributed by atoms with Crippen LogP contribution in [0.5, 0.6) is 11.5 Å². The predicted molar refractivity (Wildman–Crippen MR) is 94.9 cm³/mol. The number of ether oxygens (including phenoxy) is 1. The van der Waals surface area contributed by atoms with Crippen LogP contribution in [-0.2, 0) is 9.59 Å². The van der Waals surface area contributed by atoms with E-state index in [1.54, 1.807) is 48.5 Å². The number of hydrogen-bond acceptors (Lipinski definition) is 4. The van der Waals surface area contributed by atoms with Crippen molar-refractivity contribution in [3.05, 3.63) is 59.1 Å². The van der Waals surface area contributed by atoms with Crippen molar-refractivity contribution in [3.8, 4) is 11.5 Å². The Morgan fingerprint density at radius 2 is 1.84 bits per heavy atom. The molecule has 2 N–H and O–H groups in total. The zero-order chi connectivity index (χ0) is 17.6. The van der Waals surface area contributed by atoms with Crippen molar-refractivity contribution in [1.29, 1.82) is 0 Å². The zero-order valence-electron chi connectivity index (χ0n) is 13.2. The van der Waals surface area contributed by atoms with Crippen LogP contribution in [0.25, 0.3) is 0 Å². The molecule has 0 radical (unpaired) electrons. The van der Waals surface area contributed by atoms with Gasteiger partial charge in [0.25, 0.3) is 0 Å². The third kappa shape index (κ3) is 5.32. The van der Waals surface area contributed by atoms with E-state index in [1.807, 2.05) is 0 Å². The van der Waals surface area contributed by atoms with E-state index < -0.39 is 11.8 Å². The van der Waals surface area contributed by atoms with E-state index in [0.717, 1.165) is 18.4 Å². The monoisotopic (exact) mass is 357 g/mol. The van der Waals surface area contributed by atoms with Crippen LogP contribution < -0.4 is 15.5 Å². The Morgan fingerprint density at radius 3 is 2.56 bits per heavy atom. The summed E-state index contributed by atoms with van der Waals surface area (Å²) in [6.45, 7) is 0. The number of rotatable bonds is 5. The number of amides is 2. The van der Waals surface area contributed by atoms with Crippen molar-refractivity contribution < 1.29 is 14.3 Å². The summed E-state index contributed by atoms with van der Waals surface area (Å²) >= 11 is 5.84. The first-order chi connectivity index (χ1) is 12.1. The summed E-state index contributed by atoms with van der Waals surface area (Å²) in [6, 6.07) is 14.3. The molecule has 25 heavy (non-hydrogen) atoms. The Labute approximate surface area is 149 Å². The highest BCUT2D eigenvalue weighted by molar-refractivity contribution is 6.35. The van der Waals surface area contributed by atoms with Crippen LogP contribution in [-0.4, -0.2) is 24.1 Å². The van der Waals surface area contributed by atoms with Gasteiger partial charge in [-0.1, -0.05) is 23.7 Å². The number of hydrogen-bond donors (Lipinski definition) is 2. The van der Waals surface area contributed by atoms with Crippen molar-refractivity contribution >= 4 is 29.6 Å². The second-order valence-corrected chi connectivity index (χ2v) is 6.01. The molecule has 0 unspecified atom stereocenters. The van der Waals surface area contributed by atoms with E-state index in [2.05, 4.69) is 15.8 Å². The van der Waals surface area contributed by atoms with E-state index in [4.69, 9.17) is 16.3 Å². The van der Waals surface area contributed by atoms with Gasteiger partial charge < -0.3 is 10.1 Å². The van der Waals surface area contributed by atoms with Gasteiger partial charge in [0.05, 0.1) is 6.21 Å². The van der Waals surface area contributed by atoms with Crippen LogP contribution >= 0.6 is 11.6 Å². The first-order valence-electron chi connectivity index (χ1n) is 7.77. The molecule has 3 rings (SSSR count). The number of carbonyl (C=O) groups is 2. The second-order valence-electron chi connectivity index (χ2n) is 5.58. The lowest BCUT2D eigenvalue weighted by Gasteiger charge is -2.06. The number of halogens is 1.